The molecular formula is C17H22ClF6N3O. The molecule has 1 aliphatic rings. The van der Waals surface area contributed by atoms with Crippen LogP contribution in [0, 0.1) is 0 Å². The van der Waals surface area contributed by atoms with Gasteiger partial charge >= 0.3 is 12.4 Å². The van der Waals surface area contributed by atoms with Crippen LogP contribution in [0.25, 0.3) is 0 Å². The maximum Gasteiger partial charge on any atom is 0.391 e. The number of carbonyl (C=O) groups excluding carboxylic acids is 1. The molecule has 160 valence electrons. The van der Waals surface area contributed by atoms with Gasteiger partial charge in [-0.25, -0.2) is 4.99 Å². The van der Waals surface area contributed by atoms with Gasteiger partial charge in [0.2, 0.25) is 5.91 Å². The lowest BCUT2D eigenvalue weighted by Gasteiger charge is -2.43. The highest BCUT2D eigenvalue weighted by Gasteiger charge is 2.46. The van der Waals surface area contributed by atoms with Crippen molar-refractivity contribution in [3.63, 3.8) is 0 Å². The summed E-state index contributed by atoms with van der Waals surface area (Å²) in [6.07, 6.45) is -10.5. The van der Waals surface area contributed by atoms with Crippen LogP contribution in [0.2, 0.25) is 0 Å². The summed E-state index contributed by atoms with van der Waals surface area (Å²) in [5.41, 5.74) is 0.694. The number of hydrogen-bond acceptors (Lipinski definition) is 2. The molecule has 0 aromatic rings. The third kappa shape index (κ3) is 6.42. The largest absolute Gasteiger partial charge is 0.391 e. The first-order chi connectivity index (χ1) is 12.7. The molecule has 4 nitrogen and oxygen atoms in total. The van der Waals surface area contributed by atoms with E-state index in [4.69, 9.17) is 11.6 Å². The molecule has 1 rings (SSSR count). The number of likely N-dealkylation sites (N-methyl/N-ethyl adjacent to an activating group) is 1. The van der Waals surface area contributed by atoms with Crippen LogP contribution in [0.1, 0.15) is 40.0 Å². The topological polar surface area (TPSA) is 35.9 Å². The second kappa shape index (κ2) is 9.19. The van der Waals surface area contributed by atoms with Gasteiger partial charge in [0.15, 0.2) is 5.84 Å². The van der Waals surface area contributed by atoms with E-state index in [2.05, 4.69) is 4.99 Å². The second-order valence-corrected chi connectivity index (χ2v) is 6.68. The number of amidine groups is 1. The van der Waals surface area contributed by atoms with Crippen molar-refractivity contribution in [3.8, 4) is 0 Å². The molecule has 1 saturated heterocycles. The van der Waals surface area contributed by atoms with Gasteiger partial charge in [0.05, 0.1) is 18.5 Å². The van der Waals surface area contributed by atoms with Crippen molar-refractivity contribution in [1.29, 1.82) is 0 Å². The number of alkyl halides is 6. The summed E-state index contributed by atoms with van der Waals surface area (Å²) in [6, 6.07) is -1.86. The van der Waals surface area contributed by atoms with Crippen molar-refractivity contribution in [2.45, 2.75) is 58.4 Å². The summed E-state index contributed by atoms with van der Waals surface area (Å²) in [5.74, 6) is -1.15. The highest BCUT2D eigenvalue weighted by atomic mass is 35.5. The molecule has 11 heteroatoms. The Kier molecular flexibility index (Phi) is 7.99. The smallest absolute Gasteiger partial charge is 0.342 e. The van der Waals surface area contributed by atoms with E-state index in [-0.39, 0.29) is 16.7 Å². The number of amides is 1. The van der Waals surface area contributed by atoms with E-state index >= 15 is 0 Å². The highest BCUT2D eigenvalue weighted by molar-refractivity contribution is 6.30. The second-order valence-electron chi connectivity index (χ2n) is 6.32. The molecular weight excluding hydrogens is 412 g/mol. The molecule has 0 aromatic carbocycles. The zero-order valence-corrected chi connectivity index (χ0v) is 16.6. The molecule has 1 atom stereocenters. The predicted octanol–water partition coefficient (Wildman–Crippen LogP) is 5.22. The Morgan fingerprint density at radius 1 is 1.21 bits per heavy atom. The fourth-order valence-electron chi connectivity index (χ4n) is 2.62. The van der Waals surface area contributed by atoms with Crippen LogP contribution in [0.15, 0.2) is 27.5 Å². The number of hydrogen-bond donors (Lipinski definition) is 0. The van der Waals surface area contributed by atoms with E-state index in [0.29, 0.717) is 12.0 Å². The molecule has 0 saturated carbocycles. The summed E-state index contributed by atoms with van der Waals surface area (Å²) in [4.78, 5) is 18.3. The maximum atomic E-state index is 13.0. The fraction of sp³-hybridized carbons (Fsp3) is 0.647. The number of halogens is 7. The average molecular weight is 434 g/mol. The fourth-order valence-corrected chi connectivity index (χ4v) is 2.84. The number of allylic oxidation sites excluding steroid dienone is 2. The molecule has 1 amide bonds. The first-order valence-corrected chi connectivity index (χ1v) is 8.88. The zero-order valence-electron chi connectivity index (χ0n) is 15.9. The van der Waals surface area contributed by atoms with E-state index in [1.165, 1.54) is 20.0 Å². The van der Waals surface area contributed by atoms with Crippen LogP contribution in [0.5, 0.6) is 0 Å². The Labute approximate surface area is 164 Å². The summed E-state index contributed by atoms with van der Waals surface area (Å²) >= 11 is 6.10. The van der Waals surface area contributed by atoms with Gasteiger partial charge in [-0.3, -0.25) is 4.79 Å². The third-order valence-corrected chi connectivity index (χ3v) is 4.68. The molecule has 1 unspecified atom stereocenters. The standard InChI is InChI=1S/C17H22ClF6N3O/c1-5-10(3)13(18)25-14-11(6-2)26(4)15(28)12(9-17(22,23)24)27(14)8-7-16(19,20)21/h6,12H,5,7-9H2,1-4H3/b11-6+,13-10+,25-14-. The molecule has 1 fully saturated rings. The lowest BCUT2D eigenvalue weighted by molar-refractivity contribution is -0.162. The first-order valence-electron chi connectivity index (χ1n) is 8.50. The van der Waals surface area contributed by atoms with E-state index in [1.807, 2.05) is 0 Å². The van der Waals surface area contributed by atoms with Gasteiger partial charge in [-0.05, 0) is 25.8 Å². The summed E-state index contributed by atoms with van der Waals surface area (Å²) < 4.78 is 77.4. The minimum atomic E-state index is -4.75. The van der Waals surface area contributed by atoms with E-state index in [1.54, 1.807) is 13.8 Å². The average Bonchev–Trinajstić information content (AvgIpc) is 2.56. The number of piperazine rings is 1. The number of rotatable bonds is 5. The monoisotopic (exact) mass is 433 g/mol. The zero-order chi connectivity index (χ0) is 21.9. The van der Waals surface area contributed by atoms with Gasteiger partial charge in [0.25, 0.3) is 0 Å². The third-order valence-electron chi connectivity index (χ3n) is 4.28. The number of nitrogens with zero attached hydrogens (tertiary/aromatic N) is 3. The van der Waals surface area contributed by atoms with Crippen LogP contribution in [-0.4, -0.2) is 53.5 Å². The Morgan fingerprint density at radius 2 is 1.79 bits per heavy atom. The molecule has 1 heterocycles. The predicted molar refractivity (Wildman–Crippen MR) is 94.6 cm³/mol. The van der Waals surface area contributed by atoms with Crippen molar-refractivity contribution in [2.75, 3.05) is 13.6 Å². The summed E-state index contributed by atoms with van der Waals surface area (Å²) in [6.45, 7) is 4.08. The van der Waals surface area contributed by atoms with Crippen LogP contribution >= 0.6 is 11.6 Å². The van der Waals surface area contributed by atoms with Crippen molar-refractivity contribution in [2.24, 2.45) is 4.99 Å². The Morgan fingerprint density at radius 3 is 2.21 bits per heavy atom. The first kappa shape index (κ1) is 24.3. The van der Waals surface area contributed by atoms with Crippen molar-refractivity contribution in [1.82, 2.24) is 9.80 Å². The molecule has 0 bridgehead atoms. The molecule has 0 N–H and O–H groups in total. The van der Waals surface area contributed by atoms with Gasteiger partial charge in [0, 0.05) is 13.6 Å². The van der Waals surface area contributed by atoms with Gasteiger partial charge < -0.3 is 9.80 Å². The van der Waals surface area contributed by atoms with Gasteiger partial charge in [-0.1, -0.05) is 24.6 Å². The number of aliphatic imine (C=N–C) groups is 1. The SMILES string of the molecule is C\C=C1/C(=N/C(Cl)=C(\C)CC)N(CCC(F)(F)F)C(CC(F)(F)F)C(=O)N1C. The molecule has 0 radical (unpaired) electrons. The molecule has 28 heavy (non-hydrogen) atoms. The number of carbonyl (C=O) groups is 1. The van der Waals surface area contributed by atoms with E-state index in [0.717, 1.165) is 9.80 Å². The Bertz CT molecular complexity index is 681. The summed E-state index contributed by atoms with van der Waals surface area (Å²) in [5, 5.41) is -0.0395. The van der Waals surface area contributed by atoms with Crippen molar-refractivity contribution < 1.29 is 31.1 Å². The maximum absolute atomic E-state index is 13.0. The quantitative estimate of drug-likeness (QED) is 0.440. The minimum Gasteiger partial charge on any atom is -0.342 e. The normalized spacial score (nSPS) is 23.0. The lowest BCUT2D eigenvalue weighted by atomic mass is 10.0. The van der Waals surface area contributed by atoms with Crippen LogP contribution in [0.3, 0.4) is 0 Å². The van der Waals surface area contributed by atoms with E-state index < -0.39 is 43.7 Å². The molecule has 0 aromatic heterocycles. The van der Waals surface area contributed by atoms with Crippen molar-refractivity contribution in [3.05, 3.63) is 22.5 Å². The minimum absolute atomic E-state index is 0.0395. The highest BCUT2D eigenvalue weighted by Crippen LogP contribution is 2.32. The van der Waals surface area contributed by atoms with Gasteiger partial charge in [-0.2, -0.15) is 26.3 Å². The lowest BCUT2D eigenvalue weighted by Crippen LogP contribution is -2.59. The van der Waals surface area contributed by atoms with Crippen LogP contribution < -0.4 is 0 Å². The molecule has 0 spiro atoms. The Balaban J connectivity index is 3.56. The molecule has 0 aliphatic carbocycles. The van der Waals surface area contributed by atoms with Crippen molar-refractivity contribution >= 4 is 23.3 Å². The van der Waals surface area contributed by atoms with E-state index in [9.17, 15) is 31.1 Å². The van der Waals surface area contributed by atoms with Gasteiger partial charge in [0.1, 0.15) is 11.2 Å². The summed E-state index contributed by atoms with van der Waals surface area (Å²) in [7, 11) is 1.25. The van der Waals surface area contributed by atoms with Gasteiger partial charge in [-0.15, -0.1) is 0 Å². The van der Waals surface area contributed by atoms with Crippen LogP contribution in [0.4, 0.5) is 26.3 Å². The van der Waals surface area contributed by atoms with Crippen LogP contribution in [-0.2, 0) is 4.79 Å². The Hall–Kier alpha value is -1.71. The molecule has 1 aliphatic heterocycles.